The van der Waals surface area contributed by atoms with E-state index < -0.39 is 77.9 Å². The van der Waals surface area contributed by atoms with Gasteiger partial charge >= 0.3 is 12.1 Å². The number of ether oxygens (including phenoxy) is 7. The van der Waals surface area contributed by atoms with E-state index in [9.17, 15) is 19.5 Å². The molecule has 2 bridgehead atoms. The summed E-state index contributed by atoms with van der Waals surface area (Å²) in [5.41, 5.74) is -2.23. The van der Waals surface area contributed by atoms with Crippen LogP contribution >= 0.6 is 0 Å². The molecule has 0 aromatic heterocycles. The van der Waals surface area contributed by atoms with Crippen LogP contribution in [0.15, 0.2) is 0 Å². The van der Waals surface area contributed by atoms with Crippen LogP contribution < -0.4 is 0 Å². The molecule has 5 aliphatic heterocycles. The van der Waals surface area contributed by atoms with Crippen molar-refractivity contribution in [1.29, 1.82) is 0 Å². The zero-order valence-corrected chi connectivity index (χ0v) is 27.4. The molecule has 0 radical (unpaired) electrons. The van der Waals surface area contributed by atoms with E-state index in [0.29, 0.717) is 45.6 Å². The number of ketones is 1. The van der Waals surface area contributed by atoms with Crippen molar-refractivity contribution in [3.8, 4) is 0 Å². The van der Waals surface area contributed by atoms with E-state index in [-0.39, 0.29) is 23.8 Å². The van der Waals surface area contributed by atoms with Crippen LogP contribution in [0.25, 0.3) is 0 Å². The molecule has 44 heavy (non-hydrogen) atoms. The smallest absolute Gasteiger partial charge is 0.457 e. The number of cyclic esters (lactones) is 3. The van der Waals surface area contributed by atoms with Crippen molar-refractivity contribution in [3.63, 3.8) is 0 Å². The minimum Gasteiger partial charge on any atom is -0.457 e. The fourth-order valence-electron chi connectivity index (χ4n) is 8.43. The molecule has 5 fully saturated rings. The van der Waals surface area contributed by atoms with Crippen molar-refractivity contribution in [2.45, 2.75) is 135 Å². The second kappa shape index (κ2) is 12.8. The maximum absolute atomic E-state index is 14.0. The number of Topliss-reactive ketones (excluding diaryl/α,β-unsaturated/α-hetero) is 1. The van der Waals surface area contributed by atoms with Gasteiger partial charge in [-0.25, -0.2) is 4.79 Å². The lowest BCUT2D eigenvalue weighted by Gasteiger charge is -2.47. The second-order valence-electron chi connectivity index (χ2n) is 14.1. The highest BCUT2D eigenvalue weighted by molar-refractivity contribution is 6.00. The van der Waals surface area contributed by atoms with E-state index >= 15 is 0 Å². The molecule has 5 saturated heterocycles. The zero-order valence-electron chi connectivity index (χ0n) is 27.4. The number of aliphatic hydroxyl groups is 1. The predicted molar refractivity (Wildman–Crippen MR) is 155 cm³/mol. The summed E-state index contributed by atoms with van der Waals surface area (Å²) < 4.78 is 42.5. The number of aliphatic hydroxyl groups excluding tert-OH is 1. The summed E-state index contributed by atoms with van der Waals surface area (Å²) in [6, 6.07) is -0.191. The molecular formula is C32H51NO11. The average molecular weight is 626 g/mol. The van der Waals surface area contributed by atoms with E-state index in [2.05, 4.69) is 11.8 Å². The van der Waals surface area contributed by atoms with Crippen LogP contribution in [0.5, 0.6) is 0 Å². The molecule has 0 amide bonds. The summed E-state index contributed by atoms with van der Waals surface area (Å²) in [5, 5.41) is 11.6. The summed E-state index contributed by atoms with van der Waals surface area (Å²) in [6.45, 7) is 17.3. The van der Waals surface area contributed by atoms with Crippen LogP contribution in [0.1, 0.15) is 74.7 Å². The Morgan fingerprint density at radius 3 is 2.36 bits per heavy atom. The van der Waals surface area contributed by atoms with Crippen molar-refractivity contribution in [1.82, 2.24) is 4.90 Å². The summed E-state index contributed by atoms with van der Waals surface area (Å²) in [6.07, 6.45) is -4.15. The molecule has 6 unspecified atom stereocenters. The number of hydrogen-bond acceptors (Lipinski definition) is 12. The van der Waals surface area contributed by atoms with Crippen LogP contribution in [0, 0.1) is 23.7 Å². The molecule has 0 saturated carbocycles. The molecule has 250 valence electrons. The quantitative estimate of drug-likeness (QED) is 0.355. The number of rotatable bonds is 5. The fraction of sp³-hybridized carbons (Fsp3) is 0.906. The molecule has 0 spiro atoms. The maximum atomic E-state index is 14.0. The Morgan fingerprint density at radius 2 is 1.70 bits per heavy atom. The molecule has 0 aromatic carbocycles. The Hall–Kier alpha value is -1.83. The van der Waals surface area contributed by atoms with Crippen LogP contribution in [0.3, 0.4) is 0 Å². The third-order valence-corrected chi connectivity index (χ3v) is 10.7. The summed E-state index contributed by atoms with van der Waals surface area (Å²) in [4.78, 5) is 42.1. The van der Waals surface area contributed by atoms with Gasteiger partial charge in [-0.1, -0.05) is 27.7 Å². The molecule has 5 aliphatic rings. The molecule has 12 heteroatoms. The lowest BCUT2D eigenvalue weighted by molar-refractivity contribution is -0.298. The van der Waals surface area contributed by atoms with Gasteiger partial charge in [0.05, 0.1) is 37.1 Å². The number of esters is 1. The van der Waals surface area contributed by atoms with Gasteiger partial charge in [-0.15, -0.1) is 0 Å². The van der Waals surface area contributed by atoms with Gasteiger partial charge in [-0.3, -0.25) is 14.5 Å². The number of hydrogen-bond donors (Lipinski definition) is 1. The fourth-order valence-corrected chi connectivity index (χ4v) is 8.43. The first-order valence-electron chi connectivity index (χ1n) is 16.3. The third-order valence-electron chi connectivity index (χ3n) is 10.7. The van der Waals surface area contributed by atoms with E-state index in [1.54, 1.807) is 13.8 Å². The lowest BCUT2D eigenvalue weighted by atomic mass is 9.76. The van der Waals surface area contributed by atoms with Gasteiger partial charge in [-0.2, -0.15) is 0 Å². The van der Waals surface area contributed by atoms with Crippen LogP contribution in [-0.4, -0.2) is 114 Å². The second-order valence-corrected chi connectivity index (χ2v) is 14.1. The number of nitrogens with zero attached hydrogens (tertiary/aromatic N) is 1. The largest absolute Gasteiger partial charge is 0.509 e. The van der Waals surface area contributed by atoms with Gasteiger partial charge in [0.15, 0.2) is 17.7 Å². The van der Waals surface area contributed by atoms with Gasteiger partial charge < -0.3 is 38.3 Å². The number of carbonyl (C=O) groups excluding carboxylic acids is 3. The van der Waals surface area contributed by atoms with Crippen molar-refractivity contribution in [3.05, 3.63) is 0 Å². The predicted octanol–water partition coefficient (Wildman–Crippen LogP) is 2.86. The first-order chi connectivity index (χ1) is 20.7. The minimum atomic E-state index is -1.27. The highest BCUT2D eigenvalue weighted by Gasteiger charge is 2.61. The summed E-state index contributed by atoms with van der Waals surface area (Å²) >= 11 is 0. The van der Waals surface area contributed by atoms with Gasteiger partial charge in [-0.05, 0) is 52.9 Å². The van der Waals surface area contributed by atoms with Gasteiger partial charge in [0.2, 0.25) is 0 Å². The molecular weight excluding hydrogens is 574 g/mol. The average Bonchev–Trinajstić information content (AvgIpc) is 3.47. The van der Waals surface area contributed by atoms with Gasteiger partial charge in [0, 0.05) is 31.0 Å². The normalized spacial score (nSPS) is 49.2. The SMILES string of the molecule is CC[C@H]1OC(=O)O[C@@]1(C)[C@@H]1OC(=O)[C@H](C)C(=O)[C@H](C)[C@@H](O[C@@H]2OC(C)CC(N3CCOCC3)C2O)C2(C)CC(C)C(O2)[C@@H]1C. The monoisotopic (exact) mass is 625 g/mol. The van der Waals surface area contributed by atoms with Crippen molar-refractivity contribution in [2.24, 2.45) is 23.7 Å². The van der Waals surface area contributed by atoms with Gasteiger partial charge in [0.25, 0.3) is 0 Å². The molecule has 12 nitrogen and oxygen atoms in total. The molecule has 0 aliphatic carbocycles. The van der Waals surface area contributed by atoms with Gasteiger partial charge in [0.1, 0.15) is 24.2 Å². The molecule has 0 aromatic rings. The lowest BCUT2D eigenvalue weighted by Crippen LogP contribution is -2.60. The Bertz CT molecular complexity index is 1080. The Morgan fingerprint density at radius 1 is 1.02 bits per heavy atom. The standard InChI is InChI=1S/C32H51NO11/c1-9-22-32(8,44-30(37)40-22)27-20(6)25-16(2)15-31(7,43-25)26(18(4)23(34)19(5)28(36)41-27)42-29-24(35)21(14-17(3)39-29)33-10-12-38-13-11-33/h16-22,24-27,29,35H,9-15H2,1-8H3/t16?,17?,18-,19+,20-,21?,22+,24?,25?,26+,27+,29-,31?,32+/m0/s1. The first-order valence-corrected chi connectivity index (χ1v) is 16.3. The Kier molecular flexibility index (Phi) is 9.72. The first kappa shape index (κ1) is 33.5. The van der Waals surface area contributed by atoms with E-state index in [1.807, 2.05) is 27.7 Å². The van der Waals surface area contributed by atoms with Crippen molar-refractivity contribution >= 4 is 17.9 Å². The Balaban J connectivity index is 1.48. The topological polar surface area (TPSA) is 139 Å². The molecule has 14 atom stereocenters. The molecule has 5 rings (SSSR count). The van der Waals surface area contributed by atoms with Crippen LogP contribution in [0.2, 0.25) is 0 Å². The zero-order chi connectivity index (χ0) is 32.1. The van der Waals surface area contributed by atoms with E-state index in [4.69, 9.17) is 33.2 Å². The number of morpholine rings is 1. The highest BCUT2D eigenvalue weighted by atomic mass is 16.8. The van der Waals surface area contributed by atoms with Crippen molar-refractivity contribution < 1.29 is 52.6 Å². The summed E-state index contributed by atoms with van der Waals surface area (Å²) in [7, 11) is 0. The molecule has 5 heterocycles. The summed E-state index contributed by atoms with van der Waals surface area (Å²) in [5.74, 6) is -3.44. The highest BCUT2D eigenvalue weighted by Crippen LogP contribution is 2.48. The van der Waals surface area contributed by atoms with E-state index in [0.717, 1.165) is 0 Å². The molecule has 1 N–H and O–H groups in total. The van der Waals surface area contributed by atoms with Crippen LogP contribution in [-0.2, 0) is 42.7 Å². The number of carbonyl (C=O) groups is 3. The number of fused-ring (bicyclic) bond motifs is 2. The maximum Gasteiger partial charge on any atom is 0.509 e. The third kappa shape index (κ3) is 6.02. The van der Waals surface area contributed by atoms with Crippen LogP contribution in [0.4, 0.5) is 4.79 Å². The Labute approximate surface area is 260 Å². The van der Waals surface area contributed by atoms with E-state index in [1.165, 1.54) is 6.92 Å². The van der Waals surface area contributed by atoms with Crippen molar-refractivity contribution in [2.75, 3.05) is 26.3 Å². The minimum absolute atomic E-state index is 0.0274.